The number of hydrazone groups is 2. The second-order valence-electron chi connectivity index (χ2n) is 37.7. The van der Waals surface area contributed by atoms with Crippen molar-refractivity contribution in [3.63, 3.8) is 0 Å². The van der Waals surface area contributed by atoms with Crippen molar-refractivity contribution in [2.75, 3.05) is 86.7 Å². The van der Waals surface area contributed by atoms with Crippen molar-refractivity contribution in [2.24, 2.45) is 45.7 Å². The molecule has 47 heteroatoms. The fourth-order valence-corrected chi connectivity index (χ4v) is 15.3. The van der Waals surface area contributed by atoms with Gasteiger partial charge in [0.15, 0.2) is 5.78 Å². The number of aromatic nitrogens is 2. The Kier molecular flexibility index (Phi) is 46.4. The van der Waals surface area contributed by atoms with Crippen molar-refractivity contribution in [3.05, 3.63) is 301 Å². The standard InChI is InChI=1S/C20H16F5N3O.C15H18F3NO2.C15H19F2NO3.C15H17F2NO3.C13H10F2N4O.C10H10F3N.C7H13NO2.C6H3BrF2.CH4O.B.Na.H/c21-13-1-2-16(17(24)8-13)19(25)12-9-27(10-12)20(29)28-18(3-4-26-28)11-5-14(22)7-15(23)6-11;1-15(2,3)21-14(20)19-7-9(8-19)13(18)11-5-4-10(16)6-12(11)17;2*1-15(2,3)21-14(20)18-7-9(8-18)13(19)11-5-4-10(16)6-12(11)17;14-10-5-9(6-11(15)7-10)12-1-2-17-19(12)13(20)18-4-3-16-8-18;11-7-1-2-8(9(12)3-7)10(13)6-4-14-5-6;1-8(10-2)7(9)6-4-3-5-6;7-5-2-1-4(8)3-6(5)9;1-2;;;/h1-2,4-8,12,18-19H,3,9-10H2;4-6,9,13H,7-8H2,1-3H3;4-6,9,13,19H,7-8H2,1-3H3;4-6,9H,7-8H2,1-3H3;2-8,12H,1H2;1-3,6,10,14H,4-5H2;6H,3-5H2,1-2H3;1-3H;2H,1H3;;;/q;;;;;;;;;;+1;-1. The number of urea groups is 1. The van der Waals surface area contributed by atoms with Crippen LogP contribution in [0.4, 0.5) is 107 Å². The van der Waals surface area contributed by atoms with Gasteiger partial charge < -0.3 is 50.8 Å². The molecule has 0 bridgehead atoms. The third-order valence-corrected chi connectivity index (χ3v) is 23.8. The summed E-state index contributed by atoms with van der Waals surface area (Å²) in [6.07, 6.45) is 4.15. The van der Waals surface area contributed by atoms with Crippen molar-refractivity contribution in [1.82, 2.24) is 49.5 Å². The molecule has 3 N–H and O–H groups in total. The van der Waals surface area contributed by atoms with E-state index in [9.17, 15) is 122 Å². The summed E-state index contributed by atoms with van der Waals surface area (Å²) in [5.41, 5.74) is -1.73. The number of hydroxylamine groups is 2. The Morgan fingerprint density at radius 2 is 0.779 bits per heavy atom. The van der Waals surface area contributed by atoms with Crippen LogP contribution >= 0.6 is 15.9 Å². The number of amides is 7. The molecule has 6 atom stereocenters. The number of likely N-dealkylation sites (tertiary alicyclic amines) is 4. The molecule has 17 rings (SSSR count). The van der Waals surface area contributed by atoms with Crippen LogP contribution in [0.5, 0.6) is 0 Å². The monoisotopic (exact) mass is 2190 g/mol. The van der Waals surface area contributed by atoms with Gasteiger partial charge in [0, 0.05) is 226 Å². The number of nitrogens with one attached hydrogen (secondary N) is 1. The summed E-state index contributed by atoms with van der Waals surface area (Å²) >= 11 is 2.89. The Morgan fingerprint density at radius 1 is 0.436 bits per heavy atom. The zero-order valence-corrected chi connectivity index (χ0v) is 86.8. The first-order valence-corrected chi connectivity index (χ1v) is 46.7. The number of ether oxygens (including phenoxy) is 3. The third-order valence-electron chi connectivity index (χ3n) is 23.2. The quantitative estimate of drug-likeness (QED) is 0.0228. The molecule has 0 spiro atoms. The van der Waals surface area contributed by atoms with Gasteiger partial charge in [-0.05, 0) is 175 Å². The molecular formula is C102H111BBrF19N12NaO13. The van der Waals surface area contributed by atoms with Crippen LogP contribution in [0.1, 0.15) is 176 Å². The molecule has 6 unspecified atom stereocenters. The predicted octanol–water partition coefficient (Wildman–Crippen LogP) is 19.1. The average Bonchev–Trinajstić information content (AvgIpc) is 1.65. The maximum Gasteiger partial charge on any atom is 1.00 e. The number of carbonyl (C=O) groups excluding carboxylic acids is 7. The van der Waals surface area contributed by atoms with Gasteiger partial charge in [-0.1, -0.05) is 30.7 Å². The smallest absolute Gasteiger partial charge is 1.00 e. The Hall–Kier alpha value is -11.9. The Balaban J connectivity index is 0.000000265. The van der Waals surface area contributed by atoms with Gasteiger partial charge in [0.05, 0.1) is 41.3 Å². The molecule has 1 aliphatic carbocycles. The van der Waals surface area contributed by atoms with Crippen molar-refractivity contribution in [2.45, 2.75) is 148 Å². The fraction of sp³-hybridized carbons (Fsp3) is 0.412. The second kappa shape index (κ2) is 55.7. The van der Waals surface area contributed by atoms with Gasteiger partial charge in [0.25, 0.3) is 0 Å². The van der Waals surface area contributed by atoms with Crippen LogP contribution in [-0.4, -0.2) is 221 Å². The largest absolute Gasteiger partial charge is 1.00 e. The van der Waals surface area contributed by atoms with Gasteiger partial charge in [-0.2, -0.15) is 10.2 Å². The molecule has 8 heterocycles. The molecule has 7 aliphatic heterocycles. The van der Waals surface area contributed by atoms with E-state index in [4.69, 9.17) is 24.2 Å². The summed E-state index contributed by atoms with van der Waals surface area (Å²) < 4.78 is 269. The van der Waals surface area contributed by atoms with Crippen molar-refractivity contribution >= 4 is 78.8 Å². The van der Waals surface area contributed by atoms with E-state index in [1.165, 1.54) is 109 Å². The molecule has 25 nitrogen and oxygen atoms in total. The van der Waals surface area contributed by atoms with Gasteiger partial charge in [0.1, 0.15) is 135 Å². The first-order chi connectivity index (χ1) is 69.1. The van der Waals surface area contributed by atoms with Crippen LogP contribution < -0.4 is 34.9 Å². The topological polar surface area (TPSA) is 274 Å². The zero-order chi connectivity index (χ0) is 109. The number of aliphatic hydroxyl groups excluding tert-OH is 2. The molecular weight excluding hydrogens is 2080 g/mol. The fourth-order valence-electron chi connectivity index (χ4n) is 15.1. The number of aliphatic hydroxyl groups is 2. The number of hydrogen-bond donors (Lipinski definition) is 3. The van der Waals surface area contributed by atoms with E-state index in [0.29, 0.717) is 55.8 Å². The first kappa shape index (κ1) is 124. The molecule has 5 saturated heterocycles. The number of carbonyl (C=O) groups is 7. The number of halogens is 20. The summed E-state index contributed by atoms with van der Waals surface area (Å²) in [6, 6.07) is 21.7. The molecule has 6 fully saturated rings. The summed E-state index contributed by atoms with van der Waals surface area (Å²) in [6.45, 7) is 18.2. The van der Waals surface area contributed by atoms with Gasteiger partial charge in [-0.15, -0.1) is 0 Å². The molecule has 9 aromatic rings. The van der Waals surface area contributed by atoms with Crippen LogP contribution in [-0.2, 0) is 23.8 Å². The number of imidazole rings is 1. The number of Topliss-reactive ketones (excluding diaryl/α,β-unsaturated/α-hetero) is 1. The minimum Gasteiger partial charge on any atom is -1.00 e. The predicted molar refractivity (Wildman–Crippen MR) is 511 cm³/mol. The van der Waals surface area contributed by atoms with Gasteiger partial charge >= 0.3 is 59.9 Å². The number of alkyl halides is 3. The number of nitrogens with zero attached hydrogens (tertiary/aromatic N) is 11. The van der Waals surface area contributed by atoms with E-state index in [1.54, 1.807) is 75.6 Å². The van der Waals surface area contributed by atoms with E-state index >= 15 is 0 Å². The molecule has 149 heavy (non-hydrogen) atoms. The van der Waals surface area contributed by atoms with Crippen LogP contribution in [0.25, 0.3) is 0 Å². The number of benzene rings is 8. The van der Waals surface area contributed by atoms with Crippen LogP contribution in [0, 0.1) is 129 Å². The van der Waals surface area contributed by atoms with Crippen molar-refractivity contribution in [1.29, 1.82) is 0 Å². The summed E-state index contributed by atoms with van der Waals surface area (Å²) in [4.78, 5) is 97.4. The summed E-state index contributed by atoms with van der Waals surface area (Å²) in [7, 11) is 4.16. The minimum absolute atomic E-state index is 0. The Labute approximate surface area is 881 Å². The first-order valence-electron chi connectivity index (χ1n) is 45.9. The van der Waals surface area contributed by atoms with Gasteiger partial charge in [-0.25, -0.2) is 127 Å². The van der Waals surface area contributed by atoms with E-state index in [-0.39, 0.29) is 153 Å². The number of ketones is 1. The maximum absolute atomic E-state index is 14.6. The molecule has 8 aliphatic rings. The van der Waals surface area contributed by atoms with Crippen LogP contribution in [0.2, 0.25) is 0 Å². The molecule has 8 aromatic carbocycles. The van der Waals surface area contributed by atoms with E-state index < -0.39 is 200 Å². The number of rotatable bonds is 14. The second-order valence-corrected chi connectivity index (χ2v) is 38.5. The van der Waals surface area contributed by atoms with E-state index in [0.717, 1.165) is 110 Å². The van der Waals surface area contributed by atoms with Crippen molar-refractivity contribution < 1.29 is 177 Å². The minimum atomic E-state index is -1.69. The zero-order valence-electron chi connectivity index (χ0n) is 84.2. The summed E-state index contributed by atoms with van der Waals surface area (Å²) in [5.74, 6) is -14.1. The van der Waals surface area contributed by atoms with Gasteiger partial charge in [-0.3, -0.25) is 19.0 Å². The summed E-state index contributed by atoms with van der Waals surface area (Å²) in [5, 5.41) is 31.6. The average molecular weight is 2190 g/mol. The van der Waals surface area contributed by atoms with Crippen LogP contribution in [0.3, 0.4) is 0 Å². The van der Waals surface area contributed by atoms with E-state index in [2.05, 4.69) is 36.4 Å². The molecule has 1 aromatic heterocycles. The molecule has 1 saturated carbocycles. The van der Waals surface area contributed by atoms with E-state index in [1.807, 2.05) is 0 Å². The SMILES string of the molecule is CC(C)(C)OC(=O)N1CC(C(=O)c2ccc(F)cc2F)C1.CC(C)(C)OC(=O)N1CC(C(F)c2ccc(F)cc2F)C1.CC(C)(C)OC(=O)N1CC(C(O)c2ccc(F)cc2F)C1.CO.CON(C)C(=O)C1CCC1.Fc1ccc(Br)c(F)c1.Fc1ccc(C(F)C2CNC2)c(F)c1.O=C(N1CC(C(F)c2ccc(F)cc2F)C1)N1N=CCC1c1cc(F)cc(F)c1.O=C(N1N=CCC1c1cc(F)cc(F)c1)n1ccnc1.[B].[H-].[Na+]. The molecule has 3 radical (unpaired) electrons. The van der Waals surface area contributed by atoms with Crippen LogP contribution in [0.15, 0.2) is 179 Å². The Bertz CT molecular complexity index is 5960. The van der Waals surface area contributed by atoms with Gasteiger partial charge in [0.2, 0.25) is 5.91 Å². The number of hydrogen-bond acceptors (Lipinski definition) is 17. The maximum atomic E-state index is 14.6. The third kappa shape index (κ3) is 35.6. The normalized spacial score (nSPS) is 17.0. The molecule has 801 valence electrons. The molecule has 7 amide bonds. The Morgan fingerprint density at radius 3 is 1.11 bits per heavy atom. The van der Waals surface area contributed by atoms with Crippen molar-refractivity contribution in [3.8, 4) is 0 Å².